The van der Waals surface area contributed by atoms with Crippen molar-refractivity contribution < 1.29 is 22.7 Å². The quantitative estimate of drug-likeness (QED) is 0.587. The second-order valence-electron chi connectivity index (χ2n) is 7.83. The number of rotatable bonds is 6. The van der Waals surface area contributed by atoms with Crippen molar-refractivity contribution in [2.75, 3.05) is 7.11 Å². The Morgan fingerprint density at radius 1 is 1.21 bits per heavy atom. The maximum absolute atomic E-state index is 12.9. The van der Waals surface area contributed by atoms with E-state index < -0.39 is 17.8 Å². The Morgan fingerprint density at radius 2 is 1.97 bits per heavy atom. The van der Waals surface area contributed by atoms with Gasteiger partial charge in [0.15, 0.2) is 5.82 Å². The molecular weight excluding hydrogens is 437 g/mol. The molecule has 174 valence electrons. The van der Waals surface area contributed by atoms with Crippen LogP contribution in [0.3, 0.4) is 0 Å². The van der Waals surface area contributed by atoms with Gasteiger partial charge in [0.25, 0.3) is 0 Å². The third kappa shape index (κ3) is 4.98. The van der Waals surface area contributed by atoms with Gasteiger partial charge in [-0.15, -0.1) is 5.10 Å². The molecule has 1 amide bonds. The number of piperidine rings is 1. The van der Waals surface area contributed by atoms with E-state index in [-0.39, 0.29) is 11.9 Å². The fourth-order valence-corrected chi connectivity index (χ4v) is 3.96. The van der Waals surface area contributed by atoms with E-state index in [2.05, 4.69) is 26.2 Å². The number of carbonyl (C=O) groups excluding carboxylic acids is 1. The number of ether oxygens (including phenoxy) is 1. The first-order valence-corrected chi connectivity index (χ1v) is 10.4. The number of methoxy groups -OCH3 is 1. The van der Waals surface area contributed by atoms with E-state index >= 15 is 0 Å². The number of hydrogen-bond donors (Lipinski definition) is 2. The van der Waals surface area contributed by atoms with Crippen LogP contribution in [-0.4, -0.2) is 39.3 Å². The average molecular weight is 460 g/mol. The van der Waals surface area contributed by atoms with Crippen LogP contribution < -0.4 is 15.4 Å². The summed E-state index contributed by atoms with van der Waals surface area (Å²) in [7, 11) is 1.58. The summed E-state index contributed by atoms with van der Waals surface area (Å²) in [5.41, 5.74) is 1.51. The molecule has 2 unspecified atom stereocenters. The average Bonchev–Trinajstić information content (AvgIpc) is 3.23. The predicted octanol–water partition coefficient (Wildman–Crippen LogP) is 3.11. The van der Waals surface area contributed by atoms with Gasteiger partial charge >= 0.3 is 6.18 Å². The SMILES string of the molecule is COc1ccc(-n2nnnc2C)cc1CNC1CCC(=O)NC1c1ccc(C(F)(F)F)cc1. The number of aromatic nitrogens is 4. The molecule has 2 atom stereocenters. The van der Waals surface area contributed by atoms with Crippen LogP contribution in [0.4, 0.5) is 13.2 Å². The highest BCUT2D eigenvalue weighted by molar-refractivity contribution is 5.77. The van der Waals surface area contributed by atoms with Gasteiger partial charge in [0.1, 0.15) is 5.75 Å². The van der Waals surface area contributed by atoms with E-state index in [1.165, 1.54) is 12.1 Å². The molecule has 11 heteroatoms. The van der Waals surface area contributed by atoms with Crippen LogP contribution in [0, 0.1) is 6.92 Å². The van der Waals surface area contributed by atoms with Gasteiger partial charge in [-0.25, -0.2) is 0 Å². The Morgan fingerprint density at radius 3 is 2.61 bits per heavy atom. The van der Waals surface area contributed by atoms with Crippen molar-refractivity contribution >= 4 is 5.91 Å². The molecule has 33 heavy (non-hydrogen) atoms. The molecule has 1 aliphatic rings. The van der Waals surface area contributed by atoms with Crippen molar-refractivity contribution in [1.29, 1.82) is 0 Å². The van der Waals surface area contributed by atoms with Gasteiger partial charge in [0.2, 0.25) is 5.91 Å². The molecule has 0 radical (unpaired) electrons. The molecule has 0 saturated carbocycles. The van der Waals surface area contributed by atoms with E-state index in [9.17, 15) is 18.0 Å². The van der Waals surface area contributed by atoms with Gasteiger partial charge < -0.3 is 15.4 Å². The molecule has 1 aliphatic heterocycles. The monoisotopic (exact) mass is 460 g/mol. The van der Waals surface area contributed by atoms with E-state index in [0.717, 1.165) is 23.4 Å². The predicted molar refractivity (Wildman–Crippen MR) is 113 cm³/mol. The zero-order valence-corrected chi connectivity index (χ0v) is 18.1. The summed E-state index contributed by atoms with van der Waals surface area (Å²) < 4.78 is 45.9. The number of alkyl halides is 3. The van der Waals surface area contributed by atoms with Crippen LogP contribution >= 0.6 is 0 Å². The number of nitrogens with zero attached hydrogens (tertiary/aromatic N) is 4. The molecule has 1 aromatic heterocycles. The lowest BCUT2D eigenvalue weighted by atomic mass is 9.91. The Labute approximate surface area is 188 Å². The lowest BCUT2D eigenvalue weighted by molar-refractivity contribution is -0.137. The molecular formula is C22H23F3N6O2. The van der Waals surface area contributed by atoms with Gasteiger partial charge in [0.05, 0.1) is 24.4 Å². The highest BCUT2D eigenvalue weighted by atomic mass is 19.4. The second-order valence-corrected chi connectivity index (χ2v) is 7.83. The van der Waals surface area contributed by atoms with E-state index in [1.807, 2.05) is 18.2 Å². The Bertz CT molecular complexity index is 1130. The summed E-state index contributed by atoms with van der Waals surface area (Å²) in [6.07, 6.45) is -3.53. The van der Waals surface area contributed by atoms with Crippen molar-refractivity contribution in [1.82, 2.24) is 30.8 Å². The van der Waals surface area contributed by atoms with Crippen LogP contribution in [0.1, 0.15) is 41.4 Å². The summed E-state index contributed by atoms with van der Waals surface area (Å²) in [5.74, 6) is 1.17. The Balaban J connectivity index is 1.55. The van der Waals surface area contributed by atoms with Crippen molar-refractivity contribution in [3.05, 3.63) is 65.0 Å². The third-order valence-corrected chi connectivity index (χ3v) is 5.69. The summed E-state index contributed by atoms with van der Waals surface area (Å²) >= 11 is 0. The lowest BCUT2D eigenvalue weighted by Gasteiger charge is -2.33. The Hall–Kier alpha value is -3.47. The van der Waals surface area contributed by atoms with Crippen LogP contribution in [-0.2, 0) is 17.5 Å². The van der Waals surface area contributed by atoms with E-state index in [4.69, 9.17) is 4.74 Å². The van der Waals surface area contributed by atoms with Gasteiger partial charge in [0, 0.05) is 24.6 Å². The van der Waals surface area contributed by atoms with Crippen LogP contribution in [0.25, 0.3) is 5.69 Å². The zero-order valence-electron chi connectivity index (χ0n) is 18.1. The molecule has 1 saturated heterocycles. The maximum Gasteiger partial charge on any atom is 0.416 e. The first-order valence-electron chi connectivity index (χ1n) is 10.4. The lowest BCUT2D eigenvalue weighted by Crippen LogP contribution is -2.48. The minimum absolute atomic E-state index is 0.133. The largest absolute Gasteiger partial charge is 0.496 e. The molecule has 8 nitrogen and oxygen atoms in total. The first-order chi connectivity index (χ1) is 15.8. The van der Waals surface area contributed by atoms with Gasteiger partial charge in [-0.05, 0) is 59.7 Å². The van der Waals surface area contributed by atoms with Crippen LogP contribution in [0.2, 0.25) is 0 Å². The third-order valence-electron chi connectivity index (χ3n) is 5.69. The highest BCUT2D eigenvalue weighted by Crippen LogP contribution is 2.32. The first kappa shape index (κ1) is 22.7. The number of aryl methyl sites for hydroxylation is 1. The van der Waals surface area contributed by atoms with Crippen molar-refractivity contribution in [3.8, 4) is 11.4 Å². The van der Waals surface area contributed by atoms with Gasteiger partial charge in [-0.1, -0.05) is 12.1 Å². The number of amides is 1. The Kier molecular flexibility index (Phi) is 6.32. The fraction of sp³-hybridized carbons (Fsp3) is 0.364. The molecule has 0 bridgehead atoms. The summed E-state index contributed by atoms with van der Waals surface area (Å²) in [5, 5.41) is 17.9. The standard InChI is InChI=1S/C22H23F3N6O2/c1-13-28-29-30-31(13)17-7-9-19(33-2)15(11-17)12-26-18-8-10-20(32)27-21(18)14-3-5-16(6-4-14)22(23,24)25/h3-7,9,11,18,21,26H,8,10,12H2,1-2H3,(H,27,32). The maximum atomic E-state index is 12.9. The summed E-state index contributed by atoms with van der Waals surface area (Å²) in [4.78, 5) is 12.0. The number of carbonyl (C=O) groups is 1. The summed E-state index contributed by atoms with van der Waals surface area (Å²) in [6.45, 7) is 2.21. The van der Waals surface area contributed by atoms with Crippen molar-refractivity contribution in [3.63, 3.8) is 0 Å². The molecule has 2 heterocycles. The topological polar surface area (TPSA) is 94.0 Å². The number of nitrogens with one attached hydrogen (secondary N) is 2. The molecule has 4 rings (SSSR count). The second kappa shape index (κ2) is 9.18. The molecule has 2 N–H and O–H groups in total. The van der Waals surface area contributed by atoms with Crippen molar-refractivity contribution in [2.24, 2.45) is 0 Å². The van der Waals surface area contributed by atoms with E-state index in [1.54, 1.807) is 18.7 Å². The molecule has 3 aromatic rings. The molecule has 1 fully saturated rings. The van der Waals surface area contributed by atoms with Crippen LogP contribution in [0.5, 0.6) is 5.75 Å². The number of hydrogen-bond acceptors (Lipinski definition) is 6. The highest BCUT2D eigenvalue weighted by Gasteiger charge is 2.33. The van der Waals surface area contributed by atoms with Crippen LogP contribution in [0.15, 0.2) is 42.5 Å². The minimum atomic E-state index is -4.41. The van der Waals surface area contributed by atoms with E-state index in [0.29, 0.717) is 36.5 Å². The fourth-order valence-electron chi connectivity index (χ4n) is 3.96. The number of tetrazole rings is 1. The molecule has 2 aromatic carbocycles. The smallest absolute Gasteiger partial charge is 0.416 e. The summed E-state index contributed by atoms with van der Waals surface area (Å²) in [6, 6.07) is 9.84. The minimum Gasteiger partial charge on any atom is -0.496 e. The molecule has 0 aliphatic carbocycles. The molecule has 0 spiro atoms. The van der Waals surface area contributed by atoms with Gasteiger partial charge in [-0.2, -0.15) is 17.9 Å². The zero-order chi connectivity index (χ0) is 23.6. The number of benzene rings is 2. The van der Waals surface area contributed by atoms with Gasteiger partial charge in [-0.3, -0.25) is 4.79 Å². The van der Waals surface area contributed by atoms with Crippen molar-refractivity contribution in [2.45, 2.75) is 44.6 Å². The number of halogens is 3. The normalized spacial score (nSPS) is 18.8.